The fraction of sp³-hybridized carbons (Fsp3) is 0.632. The summed E-state index contributed by atoms with van der Waals surface area (Å²) < 4.78 is 3.23. The normalized spacial score (nSPS) is 11.3. The van der Waals surface area contributed by atoms with Gasteiger partial charge in [-0.3, -0.25) is 14.3 Å². The van der Waals surface area contributed by atoms with Crippen LogP contribution >= 0.6 is 11.8 Å². The molecule has 0 radical (unpaired) electrons. The number of hydrogen-bond donors (Lipinski definition) is 1. The van der Waals surface area contributed by atoms with E-state index < -0.39 is 11.2 Å². The summed E-state index contributed by atoms with van der Waals surface area (Å²) in [5, 5.41) is 0.773. The van der Waals surface area contributed by atoms with Crippen molar-refractivity contribution in [3.8, 4) is 0 Å². The van der Waals surface area contributed by atoms with Crippen LogP contribution in [0.4, 0.5) is 0 Å². The molecule has 0 amide bonds. The Balaban J connectivity index is 1.97. The number of H-pyrrole nitrogens is 1. The largest absolute Gasteiger partial charge is 0.329 e. The lowest BCUT2D eigenvalue weighted by atomic mass is 10.1. The summed E-state index contributed by atoms with van der Waals surface area (Å²) in [6, 6.07) is 0. The van der Waals surface area contributed by atoms with Crippen LogP contribution in [0.1, 0.15) is 58.3 Å². The van der Waals surface area contributed by atoms with Crippen LogP contribution in [0.3, 0.4) is 0 Å². The first kappa shape index (κ1) is 20.6. The van der Waals surface area contributed by atoms with Crippen molar-refractivity contribution in [2.75, 3.05) is 5.75 Å². The van der Waals surface area contributed by atoms with Crippen molar-refractivity contribution in [1.82, 2.24) is 19.1 Å². The number of thioether (sulfide) groups is 1. The molecule has 0 fully saturated rings. The van der Waals surface area contributed by atoms with Crippen LogP contribution in [-0.4, -0.2) is 24.9 Å². The molecule has 7 heteroatoms. The van der Waals surface area contributed by atoms with Crippen LogP contribution in [0, 0.1) is 0 Å². The summed E-state index contributed by atoms with van der Waals surface area (Å²) in [6.07, 6.45) is 12.0. The summed E-state index contributed by atoms with van der Waals surface area (Å²) >= 11 is 1.64. The zero-order valence-electron chi connectivity index (χ0n) is 15.9. The predicted octanol–water partition coefficient (Wildman–Crippen LogP) is 3.84. The highest BCUT2D eigenvalue weighted by Gasteiger charge is 2.16. The first-order chi connectivity index (χ1) is 12.6. The lowest BCUT2D eigenvalue weighted by molar-refractivity contribution is 0.586. The second-order valence-electron chi connectivity index (χ2n) is 6.61. The molecule has 0 saturated heterocycles. The average Bonchev–Trinajstić information content (AvgIpc) is 2.98. The van der Waals surface area contributed by atoms with E-state index in [0.29, 0.717) is 17.7 Å². The molecule has 0 aromatic carbocycles. The van der Waals surface area contributed by atoms with Gasteiger partial charge in [0.25, 0.3) is 5.56 Å². The minimum absolute atomic E-state index is 0.392. The Morgan fingerprint density at radius 1 is 1.12 bits per heavy atom. The standard InChI is InChI=1S/C19H30N4O2S/c1-4-6-7-8-9-10-11-12-14-26-19-20-16-15(23(19)13-5-2)17(24)21-18(25)22(16)3/h5H,2,4,6-14H2,1,3H3,(H,21,24,25). The second-order valence-corrected chi connectivity index (χ2v) is 7.67. The SMILES string of the molecule is C=CCn1c(SCCCCCCCCCC)nc2c1c(=O)[nH]c(=O)n2C. The van der Waals surface area contributed by atoms with Gasteiger partial charge in [-0.1, -0.05) is 69.7 Å². The van der Waals surface area contributed by atoms with Gasteiger partial charge in [0.15, 0.2) is 16.3 Å². The number of aryl methyl sites for hydroxylation is 1. The van der Waals surface area contributed by atoms with Gasteiger partial charge < -0.3 is 4.57 Å². The summed E-state index contributed by atoms with van der Waals surface area (Å²) in [5.41, 5.74) is 0.0335. The van der Waals surface area contributed by atoms with Crippen LogP contribution in [-0.2, 0) is 13.6 Å². The van der Waals surface area contributed by atoms with E-state index in [9.17, 15) is 9.59 Å². The van der Waals surface area contributed by atoms with Crippen molar-refractivity contribution >= 4 is 22.9 Å². The van der Waals surface area contributed by atoms with Crippen molar-refractivity contribution in [3.63, 3.8) is 0 Å². The molecule has 26 heavy (non-hydrogen) atoms. The molecular weight excluding hydrogens is 348 g/mol. The van der Waals surface area contributed by atoms with Gasteiger partial charge in [-0.15, -0.1) is 6.58 Å². The molecule has 0 bridgehead atoms. The number of hydrogen-bond acceptors (Lipinski definition) is 4. The van der Waals surface area contributed by atoms with Gasteiger partial charge >= 0.3 is 5.69 Å². The topological polar surface area (TPSA) is 72.7 Å². The zero-order chi connectivity index (χ0) is 18.9. The highest BCUT2D eigenvalue weighted by atomic mass is 32.2. The van der Waals surface area contributed by atoms with E-state index in [1.165, 1.54) is 49.5 Å². The quantitative estimate of drug-likeness (QED) is 0.346. The molecule has 0 atom stereocenters. The third kappa shape index (κ3) is 5.13. The summed E-state index contributed by atoms with van der Waals surface area (Å²) in [7, 11) is 1.62. The molecule has 2 heterocycles. The van der Waals surface area contributed by atoms with Gasteiger partial charge in [0, 0.05) is 19.3 Å². The number of aromatic amines is 1. The molecule has 6 nitrogen and oxygen atoms in total. The molecule has 0 spiro atoms. The first-order valence-corrected chi connectivity index (χ1v) is 10.5. The Morgan fingerprint density at radius 2 is 1.77 bits per heavy atom. The Morgan fingerprint density at radius 3 is 2.42 bits per heavy atom. The van der Waals surface area contributed by atoms with Crippen LogP contribution in [0.15, 0.2) is 27.4 Å². The van der Waals surface area contributed by atoms with Gasteiger partial charge in [0.2, 0.25) is 0 Å². The number of imidazole rings is 1. The number of aromatic nitrogens is 4. The predicted molar refractivity (Wildman–Crippen MR) is 109 cm³/mol. The molecule has 0 unspecified atom stereocenters. The molecule has 1 N–H and O–H groups in total. The molecule has 0 saturated carbocycles. The van der Waals surface area contributed by atoms with Crippen LogP contribution in [0.2, 0.25) is 0 Å². The number of allylic oxidation sites excluding steroid dienone is 1. The molecule has 0 aliphatic heterocycles. The Hall–Kier alpha value is -1.76. The first-order valence-electron chi connectivity index (χ1n) is 9.53. The maximum absolute atomic E-state index is 12.2. The lowest BCUT2D eigenvalue weighted by Crippen LogP contribution is -2.29. The van der Waals surface area contributed by atoms with E-state index in [1.54, 1.807) is 24.9 Å². The second kappa shape index (κ2) is 10.4. The van der Waals surface area contributed by atoms with E-state index in [2.05, 4.69) is 23.5 Å². The maximum atomic E-state index is 12.2. The Labute approximate surface area is 158 Å². The van der Waals surface area contributed by atoms with Gasteiger partial charge in [-0.05, 0) is 6.42 Å². The molecule has 2 rings (SSSR count). The minimum Gasteiger partial charge on any atom is -0.309 e. The van der Waals surface area contributed by atoms with Crippen LogP contribution in [0.5, 0.6) is 0 Å². The van der Waals surface area contributed by atoms with Crippen molar-refractivity contribution in [3.05, 3.63) is 33.5 Å². The Bertz CT molecular complexity index is 834. The smallest absolute Gasteiger partial charge is 0.309 e. The van der Waals surface area contributed by atoms with Crippen molar-refractivity contribution in [1.29, 1.82) is 0 Å². The average molecular weight is 379 g/mol. The lowest BCUT2D eigenvalue weighted by Gasteiger charge is -2.05. The highest BCUT2D eigenvalue weighted by molar-refractivity contribution is 7.99. The van der Waals surface area contributed by atoms with E-state index in [-0.39, 0.29) is 0 Å². The Kier molecular flexibility index (Phi) is 8.22. The molecule has 0 aliphatic rings. The number of fused-ring (bicyclic) bond motifs is 1. The van der Waals surface area contributed by atoms with Crippen LogP contribution in [0.25, 0.3) is 11.2 Å². The van der Waals surface area contributed by atoms with E-state index in [0.717, 1.165) is 17.3 Å². The zero-order valence-corrected chi connectivity index (χ0v) is 16.7. The minimum atomic E-state index is -0.439. The van der Waals surface area contributed by atoms with Gasteiger partial charge in [0.1, 0.15) is 0 Å². The fourth-order valence-corrected chi connectivity index (χ4v) is 4.03. The highest BCUT2D eigenvalue weighted by Crippen LogP contribution is 2.23. The van der Waals surface area contributed by atoms with E-state index in [1.807, 2.05) is 4.57 Å². The molecule has 2 aromatic heterocycles. The van der Waals surface area contributed by atoms with E-state index >= 15 is 0 Å². The van der Waals surface area contributed by atoms with E-state index in [4.69, 9.17) is 0 Å². The molecule has 0 aliphatic carbocycles. The molecule has 144 valence electrons. The number of unbranched alkanes of at least 4 members (excludes halogenated alkanes) is 7. The molecular formula is C19H30N4O2S. The third-order valence-corrected chi connectivity index (χ3v) is 5.58. The monoisotopic (exact) mass is 378 g/mol. The van der Waals surface area contributed by atoms with Gasteiger partial charge in [-0.25, -0.2) is 9.78 Å². The summed E-state index contributed by atoms with van der Waals surface area (Å²) in [5.74, 6) is 0.960. The van der Waals surface area contributed by atoms with Crippen molar-refractivity contribution in [2.24, 2.45) is 7.05 Å². The van der Waals surface area contributed by atoms with Crippen LogP contribution < -0.4 is 11.2 Å². The summed E-state index contributed by atoms with van der Waals surface area (Å²) in [6.45, 7) is 6.50. The number of rotatable bonds is 12. The maximum Gasteiger partial charge on any atom is 0.329 e. The van der Waals surface area contributed by atoms with Gasteiger partial charge in [-0.2, -0.15) is 0 Å². The van der Waals surface area contributed by atoms with Crippen molar-refractivity contribution in [2.45, 2.75) is 70.0 Å². The fourth-order valence-electron chi connectivity index (χ4n) is 3.02. The third-order valence-electron chi connectivity index (χ3n) is 4.51. The number of nitrogens with zero attached hydrogens (tertiary/aromatic N) is 3. The molecule has 2 aromatic rings. The summed E-state index contributed by atoms with van der Waals surface area (Å²) in [4.78, 5) is 30.9. The van der Waals surface area contributed by atoms with Gasteiger partial charge in [0.05, 0.1) is 0 Å². The van der Waals surface area contributed by atoms with Crippen molar-refractivity contribution < 1.29 is 0 Å². The number of nitrogens with one attached hydrogen (secondary N) is 1.